The molecule has 1 heterocycles. The third kappa shape index (κ3) is 36.3. The molecule has 0 fully saturated rings. The summed E-state index contributed by atoms with van der Waals surface area (Å²) in [5, 5.41) is 7.19. The fourth-order valence-corrected chi connectivity index (χ4v) is 18.5. The van der Waals surface area contributed by atoms with E-state index in [1.807, 2.05) is 387 Å². The van der Waals surface area contributed by atoms with Gasteiger partial charge >= 0.3 is 5.97 Å². The Morgan fingerprint density at radius 2 is 0.444 bits per heavy atom. The summed E-state index contributed by atoms with van der Waals surface area (Å²) in [6, 6.07) is 156. The van der Waals surface area contributed by atoms with Gasteiger partial charge < -0.3 is 64.1 Å². The third-order valence-corrected chi connectivity index (χ3v) is 24.8. The topological polar surface area (TPSA) is 264 Å². The number of benzene rings is 16. The number of nitrogens with one attached hydrogen (secondary N) is 1. The van der Waals surface area contributed by atoms with Gasteiger partial charge in [-0.05, 0) is 151 Å². The van der Waals surface area contributed by atoms with Crippen molar-refractivity contribution in [2.45, 2.75) is 86.7 Å². The summed E-state index contributed by atoms with van der Waals surface area (Å²) in [6.45, 7) is 21.8. The van der Waals surface area contributed by atoms with Crippen molar-refractivity contribution < 1.29 is 23.4 Å². The maximum absolute atomic E-state index is 13.8. The molecule has 1 aliphatic carbocycles. The van der Waals surface area contributed by atoms with Crippen molar-refractivity contribution in [3.8, 4) is 22.6 Å². The van der Waals surface area contributed by atoms with E-state index in [0.717, 1.165) is 61.1 Å². The maximum atomic E-state index is 13.8. The lowest BCUT2D eigenvalue weighted by atomic mass is 9.68. The van der Waals surface area contributed by atoms with Gasteiger partial charge in [-0.1, -0.05) is 506 Å². The number of ether oxygens (including phenoxy) is 2. The summed E-state index contributed by atoms with van der Waals surface area (Å²) in [7, 11) is 9.08. The van der Waals surface area contributed by atoms with E-state index in [4.69, 9.17) is 9.47 Å². The Morgan fingerprint density at radius 1 is 0.252 bits per heavy atom. The molecule has 0 unspecified atom stereocenters. The minimum absolute atomic E-state index is 0.254. The van der Waals surface area contributed by atoms with Crippen molar-refractivity contribution in [2.24, 2.45) is 40.1 Å². The van der Waals surface area contributed by atoms with Crippen molar-refractivity contribution in [3.63, 3.8) is 0 Å². The number of hydrogen-bond donors (Lipinski definition) is 8. The standard InChI is InChI=1S/C25H18.C20H14O2.C18H15OP.C13H13OP.C13H12.C12H10O.C2H7N.5C2H6.7CH5N/c1-3-11-19(12-4-1)25(20-13-5-2-6-14-20)23-17-9-7-15-21(23)22-16-8-10-18-24(22)25;21-19-17-13-7-8-14-18(17)20(22-19,15-9-3-1-4-10-15)16-11-5-2-6-12-16;19-20(16-10-4-1-5-11-16,17-12-6-2-7-13-17)18-14-8-3-9-15-18;1-15(14,12-8-4-2-5-9-12)13-10-6-3-7-11-13;1-3-7-12(8-4-1)11-13-9-5-2-6-10-13;1-3-7-11(8-4-1)13-12-9-5-2-6-10-12;1-3-2;12*1-2/h1-18H;1-14H;1-15H;2-11H,1H3;1-10H,11H2;1-10H;3H,1-2H3;5*1-2H3;7*2H2,1H3. The highest BCUT2D eigenvalue weighted by molar-refractivity contribution is 7.85. The minimum atomic E-state index is -2.78. The quantitative estimate of drug-likeness (QED) is 0.0395. The van der Waals surface area contributed by atoms with E-state index >= 15 is 0 Å². The molecule has 0 saturated carbocycles. The third-order valence-electron chi connectivity index (χ3n) is 19.2. The van der Waals surface area contributed by atoms with Gasteiger partial charge in [0.05, 0.1) is 11.0 Å². The first kappa shape index (κ1) is 122. The van der Waals surface area contributed by atoms with Crippen molar-refractivity contribution in [1.82, 2.24) is 5.32 Å². The molecule has 0 aromatic heterocycles. The second-order valence-corrected chi connectivity index (χ2v) is 32.2. The van der Waals surface area contributed by atoms with Gasteiger partial charge in [-0.25, -0.2) is 4.79 Å². The minimum Gasteiger partial charge on any atom is -0.457 e. The molecule has 0 radical (unpaired) electrons. The summed E-state index contributed by atoms with van der Waals surface area (Å²) in [6.07, 6.45) is 1.03. The van der Waals surface area contributed by atoms with Crippen molar-refractivity contribution in [2.75, 3.05) is 70.1 Å². The number of rotatable bonds is 13. The fraction of sp³-hybridized carbons (Fsp3) is 0.192. The Hall–Kier alpha value is -13.1. The summed E-state index contributed by atoms with van der Waals surface area (Å²) in [4.78, 5) is 12.4. The molecule has 0 atom stereocenters. The lowest BCUT2D eigenvalue weighted by molar-refractivity contribution is 0.0251. The second-order valence-electron chi connectivity index (χ2n) is 26.5. The average Bonchev–Trinajstić information content (AvgIpc) is 1.55. The van der Waals surface area contributed by atoms with Gasteiger partial charge in [0, 0.05) is 43.2 Å². The van der Waals surface area contributed by atoms with E-state index in [2.05, 4.69) is 215 Å². The van der Waals surface area contributed by atoms with Gasteiger partial charge in [-0.2, -0.15) is 0 Å². The molecule has 0 bridgehead atoms. The Balaban J connectivity index is 0.00000153. The first-order chi connectivity index (χ1) is 66.6. The van der Waals surface area contributed by atoms with Crippen LogP contribution in [0.4, 0.5) is 0 Å². The number of cyclic esters (lactones) is 1. The molecule has 0 saturated heterocycles. The van der Waals surface area contributed by atoms with Crippen LogP contribution in [-0.2, 0) is 31.3 Å². The van der Waals surface area contributed by atoms with Crippen LogP contribution in [0.15, 0.2) is 467 Å². The molecule has 0 amide bonds. The highest BCUT2D eigenvalue weighted by atomic mass is 31.2. The monoisotopic (exact) mass is 1850 g/mol. The zero-order valence-electron chi connectivity index (χ0n) is 83.6. The molecule has 13 nitrogen and oxygen atoms in total. The van der Waals surface area contributed by atoms with Gasteiger partial charge in [0.15, 0.2) is 12.7 Å². The van der Waals surface area contributed by atoms with Gasteiger partial charge in [0.25, 0.3) is 0 Å². The van der Waals surface area contributed by atoms with Gasteiger partial charge in [0.1, 0.15) is 18.6 Å². The molecular formula is C120H154N8O5P2. The first-order valence-electron chi connectivity index (χ1n) is 46.3. The Kier molecular flexibility index (Phi) is 68.1. The number of carbonyl (C=O) groups is 1. The largest absolute Gasteiger partial charge is 0.457 e. The molecule has 1 aliphatic heterocycles. The van der Waals surface area contributed by atoms with Crippen LogP contribution in [0.25, 0.3) is 11.1 Å². The first-order valence-corrected chi connectivity index (χ1v) is 50.1. The van der Waals surface area contributed by atoms with Crippen molar-refractivity contribution >= 4 is 46.8 Å². The van der Waals surface area contributed by atoms with Crippen LogP contribution in [-0.4, -0.2) is 76.1 Å². The van der Waals surface area contributed by atoms with Crippen molar-refractivity contribution in [3.05, 3.63) is 523 Å². The molecule has 0 spiro atoms. The summed E-state index contributed by atoms with van der Waals surface area (Å²) in [5.74, 6) is 1.46. The molecular weight excluding hydrogens is 1700 g/mol. The van der Waals surface area contributed by atoms with Crippen LogP contribution >= 0.6 is 14.3 Å². The molecule has 714 valence electrons. The normalized spacial score (nSPS) is 10.5. The molecule has 16 aromatic rings. The predicted octanol–water partition coefficient (Wildman–Crippen LogP) is 24.9. The van der Waals surface area contributed by atoms with Crippen LogP contribution in [0.2, 0.25) is 0 Å². The fourth-order valence-electron chi connectivity index (χ4n) is 14.0. The molecule has 2 aliphatic rings. The lowest BCUT2D eigenvalue weighted by Crippen LogP contribution is -2.29. The van der Waals surface area contributed by atoms with Gasteiger partial charge in [0.2, 0.25) is 0 Å². The van der Waals surface area contributed by atoms with Gasteiger partial charge in [-0.3, -0.25) is 0 Å². The maximum Gasteiger partial charge on any atom is 0.340 e. The SMILES string of the molecule is CC.CC.CC.CC.CC.CN.CN.CN.CN.CN.CN.CN.CNC.CP(=O)(c1ccccc1)c1ccccc1.O=C1OC(c2ccccc2)(c2ccccc2)c2ccccc21.O=P(c1ccccc1)(c1ccccc1)c1ccccc1.c1ccc(C2(c3ccccc3)c3ccccc3-c3ccccc32)cc1.c1ccc(Cc2ccccc2)cc1.c1ccc(Oc2ccccc2)cc1. The highest BCUT2D eigenvalue weighted by Gasteiger charge is 2.49. The smallest absolute Gasteiger partial charge is 0.340 e. The van der Waals surface area contributed by atoms with Crippen LogP contribution in [0.5, 0.6) is 11.5 Å². The summed E-state index contributed by atoms with van der Waals surface area (Å²) in [5.41, 5.74) is 44.6. The molecule has 16 aromatic carbocycles. The van der Waals surface area contributed by atoms with E-state index < -0.39 is 19.9 Å². The van der Waals surface area contributed by atoms with Crippen molar-refractivity contribution in [1.29, 1.82) is 0 Å². The zero-order valence-corrected chi connectivity index (χ0v) is 85.4. The van der Waals surface area contributed by atoms with E-state index in [1.165, 1.54) is 93.8 Å². The van der Waals surface area contributed by atoms with Crippen LogP contribution in [0, 0.1) is 0 Å². The predicted molar refractivity (Wildman–Crippen MR) is 591 cm³/mol. The summed E-state index contributed by atoms with van der Waals surface area (Å²) >= 11 is 0. The number of nitrogens with two attached hydrogens (primary N) is 7. The van der Waals surface area contributed by atoms with Crippen LogP contribution in [0.1, 0.15) is 130 Å². The molecule has 18 rings (SSSR count). The number of carbonyl (C=O) groups excluding carboxylic acids is 1. The number of fused-ring (bicyclic) bond motifs is 4. The molecule has 15 heteroatoms. The average molecular weight is 1850 g/mol. The van der Waals surface area contributed by atoms with Crippen LogP contribution < -0.4 is 76.7 Å². The summed E-state index contributed by atoms with van der Waals surface area (Å²) < 4.78 is 38.0. The second kappa shape index (κ2) is 75.4. The Labute approximate surface area is 812 Å². The Bertz CT molecular complexity index is 5160. The van der Waals surface area contributed by atoms with E-state index in [1.54, 1.807) is 0 Å². The highest BCUT2D eigenvalue weighted by Crippen LogP contribution is 2.56. The molecule has 15 N–H and O–H groups in total. The van der Waals surface area contributed by atoms with E-state index in [0.29, 0.717) is 5.56 Å². The number of esters is 1. The number of para-hydroxylation sites is 2. The lowest BCUT2D eigenvalue weighted by Gasteiger charge is -2.33. The van der Waals surface area contributed by atoms with Crippen LogP contribution in [0.3, 0.4) is 0 Å². The van der Waals surface area contributed by atoms with Gasteiger partial charge in [-0.15, -0.1) is 0 Å². The molecule has 135 heavy (non-hydrogen) atoms. The Morgan fingerprint density at radius 3 is 0.704 bits per heavy atom. The van der Waals surface area contributed by atoms with E-state index in [-0.39, 0.29) is 11.4 Å². The zero-order chi connectivity index (χ0) is 101. The van der Waals surface area contributed by atoms with E-state index in [9.17, 15) is 13.9 Å². The number of hydrogen-bond acceptors (Lipinski definition) is 13.